The van der Waals surface area contributed by atoms with Gasteiger partial charge in [0.1, 0.15) is 0 Å². The SMILES string of the molecule is CCCNCC(Cc1cncs1)CC(C)C. The van der Waals surface area contributed by atoms with E-state index in [1.807, 2.05) is 11.7 Å². The molecule has 0 aliphatic heterocycles. The van der Waals surface area contributed by atoms with E-state index in [0.717, 1.165) is 24.9 Å². The molecule has 0 aliphatic rings. The lowest BCUT2D eigenvalue weighted by atomic mass is 9.93. The molecule has 16 heavy (non-hydrogen) atoms. The van der Waals surface area contributed by atoms with Gasteiger partial charge in [-0.05, 0) is 44.2 Å². The molecule has 1 aromatic heterocycles. The number of hydrogen-bond acceptors (Lipinski definition) is 3. The Morgan fingerprint density at radius 1 is 1.44 bits per heavy atom. The highest BCUT2D eigenvalue weighted by Gasteiger charge is 2.12. The lowest BCUT2D eigenvalue weighted by Gasteiger charge is -2.18. The average Bonchev–Trinajstić information content (AvgIpc) is 2.69. The quantitative estimate of drug-likeness (QED) is 0.705. The van der Waals surface area contributed by atoms with E-state index in [-0.39, 0.29) is 0 Å². The minimum atomic E-state index is 0.756. The van der Waals surface area contributed by atoms with E-state index < -0.39 is 0 Å². The summed E-state index contributed by atoms with van der Waals surface area (Å²) in [6.45, 7) is 9.10. The van der Waals surface area contributed by atoms with Gasteiger partial charge in [-0.1, -0.05) is 20.8 Å². The van der Waals surface area contributed by atoms with Crippen molar-refractivity contribution in [2.24, 2.45) is 11.8 Å². The van der Waals surface area contributed by atoms with Crippen molar-refractivity contribution in [3.63, 3.8) is 0 Å². The molecule has 0 amide bonds. The topological polar surface area (TPSA) is 24.9 Å². The van der Waals surface area contributed by atoms with E-state index in [1.54, 1.807) is 11.3 Å². The molecular formula is C13H24N2S. The van der Waals surface area contributed by atoms with Crippen molar-refractivity contribution in [1.82, 2.24) is 10.3 Å². The van der Waals surface area contributed by atoms with Gasteiger partial charge in [0.05, 0.1) is 5.51 Å². The molecular weight excluding hydrogens is 216 g/mol. The van der Waals surface area contributed by atoms with Gasteiger partial charge in [0.2, 0.25) is 0 Å². The molecule has 0 bridgehead atoms. The largest absolute Gasteiger partial charge is 0.316 e. The first-order valence-corrected chi connectivity index (χ1v) is 7.18. The summed E-state index contributed by atoms with van der Waals surface area (Å²) in [7, 11) is 0. The molecule has 2 nitrogen and oxygen atoms in total. The number of aromatic nitrogens is 1. The van der Waals surface area contributed by atoms with E-state index in [0.29, 0.717) is 0 Å². The number of hydrogen-bond donors (Lipinski definition) is 1. The second-order valence-electron chi connectivity index (χ2n) is 4.87. The molecule has 0 aromatic carbocycles. The molecule has 0 radical (unpaired) electrons. The summed E-state index contributed by atoms with van der Waals surface area (Å²) in [4.78, 5) is 5.57. The second kappa shape index (κ2) is 7.80. The van der Waals surface area contributed by atoms with Crippen LogP contribution >= 0.6 is 11.3 Å². The summed E-state index contributed by atoms with van der Waals surface area (Å²) in [5.74, 6) is 1.54. The zero-order chi connectivity index (χ0) is 11.8. The second-order valence-corrected chi connectivity index (χ2v) is 5.84. The molecule has 0 saturated carbocycles. The standard InChI is InChI=1S/C13H24N2S/c1-4-5-14-8-12(6-11(2)3)7-13-9-15-10-16-13/h9-12,14H,4-8H2,1-3H3. The zero-order valence-electron chi connectivity index (χ0n) is 10.7. The van der Waals surface area contributed by atoms with Gasteiger partial charge < -0.3 is 5.32 Å². The maximum absolute atomic E-state index is 4.15. The van der Waals surface area contributed by atoms with Crippen LogP contribution in [0.25, 0.3) is 0 Å². The Bertz CT molecular complexity index is 257. The lowest BCUT2D eigenvalue weighted by Crippen LogP contribution is -2.25. The minimum absolute atomic E-state index is 0.756. The normalized spacial score (nSPS) is 13.2. The highest BCUT2D eigenvalue weighted by atomic mass is 32.1. The molecule has 1 aromatic rings. The summed E-state index contributed by atoms with van der Waals surface area (Å²) in [5.41, 5.74) is 1.93. The summed E-state index contributed by atoms with van der Waals surface area (Å²) in [5, 5.41) is 3.54. The van der Waals surface area contributed by atoms with Gasteiger partial charge in [0, 0.05) is 11.1 Å². The molecule has 1 heterocycles. The lowest BCUT2D eigenvalue weighted by molar-refractivity contribution is 0.387. The van der Waals surface area contributed by atoms with Crippen molar-refractivity contribution in [1.29, 1.82) is 0 Å². The maximum atomic E-state index is 4.15. The van der Waals surface area contributed by atoms with Gasteiger partial charge in [-0.2, -0.15) is 0 Å². The van der Waals surface area contributed by atoms with E-state index in [1.165, 1.54) is 24.1 Å². The van der Waals surface area contributed by atoms with Crippen LogP contribution in [0.3, 0.4) is 0 Å². The number of thiazole rings is 1. The van der Waals surface area contributed by atoms with Crippen LogP contribution in [0, 0.1) is 11.8 Å². The molecule has 0 saturated heterocycles. The van der Waals surface area contributed by atoms with Crippen LogP contribution in [0.15, 0.2) is 11.7 Å². The first-order chi connectivity index (χ1) is 7.72. The third kappa shape index (κ3) is 5.61. The van der Waals surface area contributed by atoms with Gasteiger partial charge in [-0.25, -0.2) is 0 Å². The molecule has 92 valence electrons. The summed E-state index contributed by atoms with van der Waals surface area (Å²) < 4.78 is 0. The summed E-state index contributed by atoms with van der Waals surface area (Å²) >= 11 is 1.78. The van der Waals surface area contributed by atoms with Crippen molar-refractivity contribution in [3.8, 4) is 0 Å². The molecule has 1 atom stereocenters. The minimum Gasteiger partial charge on any atom is -0.316 e. The Kier molecular flexibility index (Phi) is 6.65. The summed E-state index contributed by atoms with van der Waals surface area (Å²) in [6, 6.07) is 0. The fourth-order valence-corrected chi connectivity index (χ4v) is 2.73. The van der Waals surface area contributed by atoms with Crippen molar-refractivity contribution in [2.45, 2.75) is 40.0 Å². The maximum Gasteiger partial charge on any atom is 0.0794 e. The molecule has 3 heteroatoms. The molecule has 0 spiro atoms. The third-order valence-electron chi connectivity index (χ3n) is 2.64. The van der Waals surface area contributed by atoms with Crippen molar-refractivity contribution < 1.29 is 0 Å². The van der Waals surface area contributed by atoms with Crippen molar-refractivity contribution in [2.75, 3.05) is 13.1 Å². The van der Waals surface area contributed by atoms with E-state index in [4.69, 9.17) is 0 Å². The van der Waals surface area contributed by atoms with Crippen molar-refractivity contribution in [3.05, 3.63) is 16.6 Å². The molecule has 1 rings (SSSR count). The monoisotopic (exact) mass is 240 g/mol. The predicted molar refractivity (Wildman–Crippen MR) is 71.9 cm³/mol. The zero-order valence-corrected chi connectivity index (χ0v) is 11.5. The number of rotatable bonds is 8. The molecule has 0 aliphatic carbocycles. The fourth-order valence-electron chi connectivity index (χ4n) is 2.02. The molecule has 1 unspecified atom stereocenters. The Morgan fingerprint density at radius 2 is 2.25 bits per heavy atom. The van der Waals surface area contributed by atoms with Gasteiger partial charge in [-0.15, -0.1) is 11.3 Å². The number of nitrogens with zero attached hydrogens (tertiary/aromatic N) is 1. The average molecular weight is 240 g/mol. The van der Waals surface area contributed by atoms with E-state index >= 15 is 0 Å². The summed E-state index contributed by atoms with van der Waals surface area (Å²) in [6.07, 6.45) is 5.71. The van der Waals surface area contributed by atoms with Crippen LogP contribution in [0.4, 0.5) is 0 Å². The first-order valence-electron chi connectivity index (χ1n) is 6.30. The predicted octanol–water partition coefficient (Wildman–Crippen LogP) is 3.35. The van der Waals surface area contributed by atoms with Gasteiger partial charge in [-0.3, -0.25) is 4.98 Å². The van der Waals surface area contributed by atoms with Crippen LogP contribution in [0.5, 0.6) is 0 Å². The Labute approximate surface area is 103 Å². The van der Waals surface area contributed by atoms with Crippen LogP contribution in [0.1, 0.15) is 38.5 Å². The molecule has 0 fully saturated rings. The van der Waals surface area contributed by atoms with Crippen LogP contribution < -0.4 is 5.32 Å². The van der Waals surface area contributed by atoms with Crippen LogP contribution in [-0.2, 0) is 6.42 Å². The van der Waals surface area contributed by atoms with Crippen LogP contribution in [0.2, 0.25) is 0 Å². The Hall–Kier alpha value is -0.410. The van der Waals surface area contributed by atoms with Gasteiger partial charge in [0.25, 0.3) is 0 Å². The first kappa shape index (κ1) is 13.7. The Balaban J connectivity index is 2.37. The highest BCUT2D eigenvalue weighted by molar-refractivity contribution is 7.09. The van der Waals surface area contributed by atoms with Crippen LogP contribution in [-0.4, -0.2) is 18.1 Å². The van der Waals surface area contributed by atoms with Gasteiger partial charge >= 0.3 is 0 Å². The number of nitrogens with one attached hydrogen (secondary N) is 1. The highest BCUT2D eigenvalue weighted by Crippen LogP contribution is 2.18. The molecule has 1 N–H and O–H groups in total. The van der Waals surface area contributed by atoms with E-state index in [2.05, 4.69) is 31.1 Å². The smallest absolute Gasteiger partial charge is 0.0794 e. The van der Waals surface area contributed by atoms with Gasteiger partial charge in [0.15, 0.2) is 0 Å². The third-order valence-corrected chi connectivity index (χ3v) is 3.44. The van der Waals surface area contributed by atoms with E-state index in [9.17, 15) is 0 Å². The van der Waals surface area contributed by atoms with Crippen molar-refractivity contribution >= 4 is 11.3 Å². The Morgan fingerprint density at radius 3 is 2.81 bits per heavy atom. The fraction of sp³-hybridized carbons (Fsp3) is 0.769.